The molecule has 0 aliphatic carbocycles. The Morgan fingerprint density at radius 2 is 1.56 bits per heavy atom. The van der Waals surface area contributed by atoms with Crippen LogP contribution in [0.15, 0.2) is 29.2 Å². The quantitative estimate of drug-likeness (QED) is 0.803. The number of halogens is 4. The van der Waals surface area contributed by atoms with Crippen LogP contribution < -0.4 is 0 Å². The third-order valence-electron chi connectivity index (χ3n) is 1.71. The molecule has 0 aliphatic heterocycles. The van der Waals surface area contributed by atoms with Crippen LogP contribution >= 0.6 is 0 Å². The molecule has 1 aromatic rings. The number of rotatable bonds is 2. The molecule has 0 spiro atoms. The molecule has 0 atom stereocenters. The van der Waals surface area contributed by atoms with Crippen LogP contribution in [0.4, 0.5) is 17.6 Å². The summed E-state index contributed by atoms with van der Waals surface area (Å²) in [5, 5.41) is 0. The van der Waals surface area contributed by atoms with Gasteiger partial charge in [0.2, 0.25) is 0 Å². The number of benzene rings is 1. The molecule has 0 heterocycles. The van der Waals surface area contributed by atoms with Crippen molar-refractivity contribution in [3.05, 3.63) is 30.1 Å². The fraction of sp³-hybridized carbons (Fsp3) is 0.250. The zero-order valence-corrected chi connectivity index (χ0v) is 8.56. The minimum absolute atomic E-state index is 0.635. The van der Waals surface area contributed by atoms with Crippen molar-refractivity contribution in [3.8, 4) is 0 Å². The predicted octanol–water partition coefficient (Wildman–Crippen LogP) is 2.51. The van der Waals surface area contributed by atoms with E-state index in [0.29, 0.717) is 24.3 Å². The minimum Gasteiger partial charge on any atom is -0.304 e. The fourth-order valence-corrected chi connectivity index (χ4v) is 2.53. The van der Waals surface area contributed by atoms with Crippen molar-refractivity contribution in [2.45, 2.75) is 11.1 Å². The van der Waals surface area contributed by atoms with Crippen LogP contribution in [-0.2, 0) is 9.63 Å². The monoisotopic (exact) mass is 260 g/mol. The lowest BCUT2D eigenvalue weighted by Crippen LogP contribution is -2.42. The molecular formula is C8H8F4O3S. The molecule has 0 fully saturated rings. The van der Waals surface area contributed by atoms with E-state index >= 15 is 0 Å². The van der Waals surface area contributed by atoms with Gasteiger partial charge in [-0.25, -0.2) is 8.60 Å². The highest BCUT2D eigenvalue weighted by molar-refractivity contribution is 8.10. The molecule has 92 valence electrons. The van der Waals surface area contributed by atoms with Crippen molar-refractivity contribution in [2.75, 3.05) is 5.75 Å². The largest absolute Gasteiger partial charge is 0.403 e. The highest BCUT2D eigenvalue weighted by Crippen LogP contribution is 2.35. The first kappa shape index (κ1) is 13.1. The van der Waals surface area contributed by atoms with E-state index in [1.54, 1.807) is 0 Å². The molecule has 16 heavy (non-hydrogen) atoms. The van der Waals surface area contributed by atoms with E-state index in [1.165, 1.54) is 0 Å². The van der Waals surface area contributed by atoms with Gasteiger partial charge in [-0.1, -0.05) is 0 Å². The summed E-state index contributed by atoms with van der Waals surface area (Å²) in [7, 11) is -5.99. The van der Waals surface area contributed by atoms with E-state index in [4.69, 9.17) is 9.11 Å². The Kier molecular flexibility index (Phi) is 2.86. The Balaban J connectivity index is 3.18. The van der Waals surface area contributed by atoms with E-state index in [9.17, 15) is 21.8 Å². The maximum atomic E-state index is 12.5. The summed E-state index contributed by atoms with van der Waals surface area (Å²) < 4.78 is 78.1. The van der Waals surface area contributed by atoms with Crippen LogP contribution in [-0.4, -0.2) is 25.2 Å². The topological polar surface area (TPSA) is 57.5 Å². The molecule has 0 amide bonds. The molecule has 3 nitrogen and oxygen atoms in total. The molecule has 2 N–H and O–H groups in total. The van der Waals surface area contributed by atoms with Crippen LogP contribution in [0.5, 0.6) is 0 Å². The maximum Gasteiger partial charge on any atom is 0.403 e. The first-order valence-electron chi connectivity index (χ1n) is 3.96. The molecule has 1 rings (SSSR count). The molecule has 1 aromatic carbocycles. The second-order valence-electron chi connectivity index (χ2n) is 3.23. The first-order valence-corrected chi connectivity index (χ1v) is 6.00. The summed E-state index contributed by atoms with van der Waals surface area (Å²) in [5.74, 6) is -3.07. The maximum absolute atomic E-state index is 12.5. The van der Waals surface area contributed by atoms with Gasteiger partial charge in [-0.05, 0) is 24.3 Å². The SMILES string of the molecule is O=S(O)(O)(CC(F)(F)F)c1ccc(F)cc1. The van der Waals surface area contributed by atoms with Crippen LogP contribution in [0, 0.1) is 5.82 Å². The Morgan fingerprint density at radius 3 is 1.94 bits per heavy atom. The third-order valence-corrected chi connectivity index (χ3v) is 3.78. The van der Waals surface area contributed by atoms with Crippen molar-refractivity contribution in [1.29, 1.82) is 0 Å². The highest BCUT2D eigenvalue weighted by Gasteiger charge is 2.45. The van der Waals surface area contributed by atoms with E-state index in [2.05, 4.69) is 0 Å². The van der Waals surface area contributed by atoms with Crippen LogP contribution in [0.2, 0.25) is 0 Å². The van der Waals surface area contributed by atoms with E-state index in [-0.39, 0.29) is 0 Å². The van der Waals surface area contributed by atoms with E-state index < -0.39 is 32.3 Å². The summed E-state index contributed by atoms with van der Waals surface area (Å²) in [5.41, 5.74) is 0. The first-order chi connectivity index (χ1) is 6.98. The average molecular weight is 260 g/mol. The lowest BCUT2D eigenvalue weighted by Gasteiger charge is -2.31. The van der Waals surface area contributed by atoms with Gasteiger partial charge in [-0.2, -0.15) is 13.2 Å². The smallest absolute Gasteiger partial charge is 0.304 e. The molecular weight excluding hydrogens is 252 g/mol. The van der Waals surface area contributed by atoms with E-state index in [0.717, 1.165) is 0 Å². The van der Waals surface area contributed by atoms with Gasteiger partial charge < -0.3 is 9.11 Å². The Morgan fingerprint density at radius 1 is 1.12 bits per heavy atom. The Bertz CT molecular complexity index is 445. The van der Waals surface area contributed by atoms with Crippen LogP contribution in [0.3, 0.4) is 0 Å². The standard InChI is InChI=1S/C8H8F4O3S/c9-6-1-3-7(4-2-6)16(13,14,15)5-8(10,11)12/h1-4H,5H2,(H2,13,14,15). The van der Waals surface area contributed by atoms with Crippen molar-refractivity contribution in [2.24, 2.45) is 0 Å². The number of hydrogen-bond acceptors (Lipinski definition) is 1. The number of hydrogen-bond donors (Lipinski definition) is 2. The second kappa shape index (κ2) is 3.51. The summed E-state index contributed by atoms with van der Waals surface area (Å²) in [6.07, 6.45) is -5.01. The molecule has 0 unspecified atom stereocenters. The zero-order valence-electron chi connectivity index (χ0n) is 7.74. The Hall–Kier alpha value is -0.990. The summed E-state index contributed by atoms with van der Waals surface area (Å²) in [6.45, 7) is 0. The summed E-state index contributed by atoms with van der Waals surface area (Å²) in [6, 6.07) is 2.64. The predicted molar refractivity (Wildman–Crippen MR) is 49.0 cm³/mol. The molecule has 0 bridgehead atoms. The lowest BCUT2D eigenvalue weighted by atomic mass is 10.4. The van der Waals surface area contributed by atoms with Crippen molar-refractivity contribution < 1.29 is 30.9 Å². The van der Waals surface area contributed by atoms with Crippen LogP contribution in [0.25, 0.3) is 0 Å². The van der Waals surface area contributed by atoms with Gasteiger partial charge in [0, 0.05) is 0 Å². The average Bonchev–Trinajstić information content (AvgIpc) is 1.98. The zero-order chi connectivity index (χ0) is 12.6. The minimum atomic E-state index is -5.99. The van der Waals surface area contributed by atoms with Gasteiger partial charge in [-0.15, -0.1) is 0 Å². The van der Waals surface area contributed by atoms with Crippen molar-refractivity contribution in [3.63, 3.8) is 0 Å². The van der Waals surface area contributed by atoms with Gasteiger partial charge in [0.05, 0.1) is 4.90 Å². The van der Waals surface area contributed by atoms with Crippen molar-refractivity contribution in [1.82, 2.24) is 0 Å². The third kappa shape index (κ3) is 3.26. The molecule has 0 saturated heterocycles. The number of alkyl halides is 3. The van der Waals surface area contributed by atoms with Crippen LogP contribution in [0.1, 0.15) is 0 Å². The second-order valence-corrected chi connectivity index (χ2v) is 6.02. The van der Waals surface area contributed by atoms with Gasteiger partial charge >= 0.3 is 6.18 Å². The van der Waals surface area contributed by atoms with Gasteiger partial charge in [-0.3, -0.25) is 0 Å². The molecule has 0 aliphatic rings. The molecule has 0 radical (unpaired) electrons. The summed E-state index contributed by atoms with van der Waals surface area (Å²) in [4.78, 5) is -0.865. The molecule has 0 aromatic heterocycles. The van der Waals surface area contributed by atoms with Gasteiger partial charge in [0.15, 0.2) is 0 Å². The normalized spacial score (nSPS) is 15.5. The lowest BCUT2D eigenvalue weighted by molar-refractivity contribution is -0.108. The fourth-order valence-electron chi connectivity index (χ4n) is 1.09. The molecule has 8 heteroatoms. The Labute approximate surface area is 88.1 Å². The molecule has 0 saturated carbocycles. The van der Waals surface area contributed by atoms with E-state index in [1.807, 2.05) is 0 Å². The highest BCUT2D eigenvalue weighted by atomic mass is 32.3. The van der Waals surface area contributed by atoms with Gasteiger partial charge in [0.25, 0.3) is 0 Å². The van der Waals surface area contributed by atoms with Gasteiger partial charge in [0.1, 0.15) is 21.2 Å². The summed E-state index contributed by atoms with van der Waals surface area (Å²) >= 11 is 0. The van der Waals surface area contributed by atoms with Crippen molar-refractivity contribution >= 4 is 9.63 Å².